The number of hydrogen-bond donors (Lipinski definition) is 3. The van der Waals surface area contributed by atoms with Crippen LogP contribution in [0.2, 0.25) is 0 Å². The van der Waals surface area contributed by atoms with Crippen LogP contribution in [0.4, 0.5) is 4.79 Å². The summed E-state index contributed by atoms with van der Waals surface area (Å²) in [6.07, 6.45) is 2.85. The second kappa shape index (κ2) is 4.43. The number of amides is 1. The van der Waals surface area contributed by atoms with Crippen LogP contribution in [0.15, 0.2) is 12.2 Å². The molecule has 0 aromatic carbocycles. The van der Waals surface area contributed by atoms with Crippen molar-refractivity contribution < 1.29 is 20.1 Å². The van der Waals surface area contributed by atoms with Crippen LogP contribution < -0.4 is 0 Å². The van der Waals surface area contributed by atoms with Crippen molar-refractivity contribution in [2.75, 3.05) is 19.7 Å². The Morgan fingerprint density at radius 1 is 1.43 bits per heavy atom. The lowest BCUT2D eigenvalue weighted by Crippen LogP contribution is -2.45. The molecule has 5 nitrogen and oxygen atoms in total. The molecule has 1 rings (SSSR count). The lowest BCUT2D eigenvalue weighted by molar-refractivity contribution is 0.0217. The first-order valence-corrected chi connectivity index (χ1v) is 4.56. The van der Waals surface area contributed by atoms with Crippen molar-refractivity contribution in [3.63, 3.8) is 0 Å². The predicted octanol–water partition coefficient (Wildman–Crippen LogP) is 0.0398. The van der Waals surface area contributed by atoms with Crippen molar-refractivity contribution in [1.82, 2.24) is 4.90 Å². The van der Waals surface area contributed by atoms with E-state index in [9.17, 15) is 9.90 Å². The minimum atomic E-state index is -0.950. The van der Waals surface area contributed by atoms with E-state index in [1.165, 1.54) is 11.0 Å². The van der Waals surface area contributed by atoms with E-state index >= 15 is 0 Å². The molecule has 0 aromatic rings. The molecule has 0 unspecified atom stereocenters. The maximum atomic E-state index is 10.6. The summed E-state index contributed by atoms with van der Waals surface area (Å²) in [6.45, 7) is 0.564. The second-order valence-corrected chi connectivity index (χ2v) is 3.46. The molecule has 0 saturated carbocycles. The third-order valence-corrected chi connectivity index (χ3v) is 2.43. The number of likely N-dealkylation sites (tertiary alicyclic amines) is 1. The maximum absolute atomic E-state index is 10.6. The molecule has 0 aliphatic carbocycles. The quantitative estimate of drug-likeness (QED) is 0.551. The summed E-state index contributed by atoms with van der Waals surface area (Å²) in [7, 11) is 0. The van der Waals surface area contributed by atoms with E-state index in [0.717, 1.165) is 0 Å². The highest BCUT2D eigenvalue weighted by Crippen LogP contribution is 2.23. The summed E-state index contributed by atoms with van der Waals surface area (Å²) < 4.78 is 0. The number of aliphatic hydroxyl groups excluding tert-OH is 1. The van der Waals surface area contributed by atoms with E-state index in [-0.39, 0.29) is 6.61 Å². The summed E-state index contributed by atoms with van der Waals surface area (Å²) in [6, 6.07) is 0. The van der Waals surface area contributed by atoms with Crippen LogP contribution in [-0.4, -0.2) is 51.6 Å². The van der Waals surface area contributed by atoms with Crippen LogP contribution in [0.25, 0.3) is 0 Å². The number of hydrogen-bond acceptors (Lipinski definition) is 3. The van der Waals surface area contributed by atoms with Gasteiger partial charge in [0.1, 0.15) is 0 Å². The lowest BCUT2D eigenvalue weighted by Gasteiger charge is -2.34. The molecule has 1 heterocycles. The van der Waals surface area contributed by atoms with Gasteiger partial charge in [-0.1, -0.05) is 12.2 Å². The SMILES string of the molecule is O=C(O)N1CCC(O)(/C=C/CO)CC1. The first-order chi connectivity index (χ1) is 6.57. The zero-order valence-electron chi connectivity index (χ0n) is 7.89. The Morgan fingerprint density at radius 2 is 2.00 bits per heavy atom. The van der Waals surface area contributed by atoms with Gasteiger partial charge in [-0.05, 0) is 12.8 Å². The molecule has 1 aliphatic heterocycles. The number of nitrogens with zero attached hydrogens (tertiary/aromatic N) is 1. The zero-order valence-corrected chi connectivity index (χ0v) is 7.89. The lowest BCUT2D eigenvalue weighted by atomic mass is 9.91. The molecular weight excluding hydrogens is 186 g/mol. The molecular formula is C9H15NO4. The predicted molar refractivity (Wildman–Crippen MR) is 50.0 cm³/mol. The van der Waals surface area contributed by atoms with Crippen molar-refractivity contribution in [2.45, 2.75) is 18.4 Å². The molecule has 1 amide bonds. The van der Waals surface area contributed by atoms with Gasteiger partial charge in [0.15, 0.2) is 0 Å². The fraction of sp³-hybridized carbons (Fsp3) is 0.667. The summed E-state index contributed by atoms with van der Waals surface area (Å²) in [5.74, 6) is 0. The van der Waals surface area contributed by atoms with Crippen molar-refractivity contribution in [1.29, 1.82) is 0 Å². The van der Waals surface area contributed by atoms with Crippen LogP contribution >= 0.6 is 0 Å². The molecule has 3 N–H and O–H groups in total. The van der Waals surface area contributed by atoms with E-state index in [1.54, 1.807) is 6.08 Å². The topological polar surface area (TPSA) is 81.0 Å². The summed E-state index contributed by atoms with van der Waals surface area (Å²) in [5.41, 5.74) is -0.950. The average molecular weight is 201 g/mol. The van der Waals surface area contributed by atoms with Crippen LogP contribution in [0.1, 0.15) is 12.8 Å². The maximum Gasteiger partial charge on any atom is 0.407 e. The van der Waals surface area contributed by atoms with E-state index in [0.29, 0.717) is 25.9 Å². The van der Waals surface area contributed by atoms with E-state index in [1.807, 2.05) is 0 Å². The van der Waals surface area contributed by atoms with Gasteiger partial charge in [0.2, 0.25) is 0 Å². The molecule has 0 spiro atoms. The van der Waals surface area contributed by atoms with Crippen LogP contribution in [-0.2, 0) is 0 Å². The van der Waals surface area contributed by atoms with Gasteiger partial charge in [-0.2, -0.15) is 0 Å². The average Bonchev–Trinajstić information content (AvgIpc) is 2.16. The number of rotatable bonds is 2. The van der Waals surface area contributed by atoms with Gasteiger partial charge in [-0.25, -0.2) is 4.79 Å². The van der Waals surface area contributed by atoms with Crippen LogP contribution in [0, 0.1) is 0 Å². The highest BCUT2D eigenvalue weighted by Gasteiger charge is 2.31. The highest BCUT2D eigenvalue weighted by molar-refractivity contribution is 5.65. The van der Waals surface area contributed by atoms with E-state index in [4.69, 9.17) is 10.2 Å². The smallest absolute Gasteiger partial charge is 0.407 e. The third-order valence-electron chi connectivity index (χ3n) is 2.43. The minimum absolute atomic E-state index is 0.106. The van der Waals surface area contributed by atoms with Crippen molar-refractivity contribution >= 4 is 6.09 Å². The molecule has 80 valence electrons. The summed E-state index contributed by atoms with van der Waals surface area (Å²) >= 11 is 0. The molecule has 5 heteroatoms. The number of carboxylic acid groups (broad SMARTS) is 1. The first-order valence-electron chi connectivity index (χ1n) is 4.56. The van der Waals surface area contributed by atoms with Gasteiger partial charge in [-0.3, -0.25) is 0 Å². The largest absolute Gasteiger partial charge is 0.465 e. The fourth-order valence-corrected chi connectivity index (χ4v) is 1.52. The Labute approximate surface area is 82.3 Å². The van der Waals surface area contributed by atoms with E-state index < -0.39 is 11.7 Å². The normalized spacial score (nSPS) is 21.4. The Kier molecular flexibility index (Phi) is 3.49. The van der Waals surface area contributed by atoms with Gasteiger partial charge in [0.25, 0.3) is 0 Å². The molecule has 1 saturated heterocycles. The number of piperidine rings is 1. The number of carbonyl (C=O) groups is 1. The Bertz CT molecular complexity index is 231. The molecule has 14 heavy (non-hydrogen) atoms. The molecule has 0 aromatic heterocycles. The Morgan fingerprint density at radius 3 is 2.43 bits per heavy atom. The first kappa shape index (κ1) is 11.0. The monoisotopic (exact) mass is 201 g/mol. The Balaban J connectivity index is 2.48. The van der Waals surface area contributed by atoms with Gasteiger partial charge >= 0.3 is 6.09 Å². The summed E-state index contributed by atoms with van der Waals surface area (Å²) in [5, 5.41) is 27.1. The second-order valence-electron chi connectivity index (χ2n) is 3.46. The van der Waals surface area contributed by atoms with Crippen molar-refractivity contribution in [2.24, 2.45) is 0 Å². The standard InChI is InChI=1S/C9H15NO4/c11-7-1-2-9(14)3-5-10(6-4-9)8(12)13/h1-2,11,14H,3-7H2,(H,12,13)/b2-1+. The number of aliphatic hydroxyl groups is 2. The fourth-order valence-electron chi connectivity index (χ4n) is 1.52. The molecule has 0 atom stereocenters. The van der Waals surface area contributed by atoms with Crippen molar-refractivity contribution in [3.05, 3.63) is 12.2 Å². The Hall–Kier alpha value is -1.07. The zero-order chi connectivity index (χ0) is 10.6. The summed E-state index contributed by atoms with van der Waals surface area (Å²) in [4.78, 5) is 11.8. The van der Waals surface area contributed by atoms with Gasteiger partial charge < -0.3 is 20.2 Å². The van der Waals surface area contributed by atoms with Crippen LogP contribution in [0.3, 0.4) is 0 Å². The van der Waals surface area contributed by atoms with Gasteiger partial charge in [-0.15, -0.1) is 0 Å². The molecule has 1 aliphatic rings. The van der Waals surface area contributed by atoms with E-state index in [2.05, 4.69) is 0 Å². The van der Waals surface area contributed by atoms with Crippen LogP contribution in [0.5, 0.6) is 0 Å². The molecule has 0 bridgehead atoms. The van der Waals surface area contributed by atoms with Gasteiger partial charge in [0, 0.05) is 13.1 Å². The molecule has 0 radical (unpaired) electrons. The third kappa shape index (κ3) is 2.71. The van der Waals surface area contributed by atoms with Gasteiger partial charge in [0.05, 0.1) is 12.2 Å². The highest BCUT2D eigenvalue weighted by atomic mass is 16.4. The molecule has 1 fully saturated rings. The minimum Gasteiger partial charge on any atom is -0.465 e. The van der Waals surface area contributed by atoms with Crippen molar-refractivity contribution in [3.8, 4) is 0 Å².